The molecule has 5 heteroatoms. The molecule has 1 unspecified atom stereocenters. The van der Waals surface area contributed by atoms with Crippen LogP contribution in [0.1, 0.15) is 51.5 Å². The Morgan fingerprint density at radius 3 is 2.50 bits per heavy atom. The van der Waals surface area contributed by atoms with Crippen LogP contribution in [0.4, 0.5) is 0 Å². The van der Waals surface area contributed by atoms with E-state index in [-0.39, 0.29) is 23.1 Å². The molecule has 5 nitrogen and oxygen atoms in total. The van der Waals surface area contributed by atoms with Gasteiger partial charge in [0.15, 0.2) is 11.8 Å². The molecule has 0 bridgehead atoms. The van der Waals surface area contributed by atoms with Crippen molar-refractivity contribution in [2.24, 2.45) is 10.8 Å². The lowest BCUT2D eigenvalue weighted by molar-refractivity contribution is 0.00240. The molecular formula is C17H24N2O3. The zero-order valence-electron chi connectivity index (χ0n) is 13.9. The van der Waals surface area contributed by atoms with Gasteiger partial charge in [0.2, 0.25) is 0 Å². The van der Waals surface area contributed by atoms with Gasteiger partial charge in [-0.2, -0.15) is 0 Å². The molecule has 0 aliphatic rings. The average Bonchev–Trinajstić information content (AvgIpc) is 2.41. The molecular weight excluding hydrogens is 280 g/mol. The van der Waals surface area contributed by atoms with E-state index in [1.807, 2.05) is 13.8 Å². The molecule has 0 radical (unpaired) electrons. The Labute approximate surface area is 132 Å². The number of aromatic nitrogens is 2. The smallest absolute Gasteiger partial charge is 0.359 e. The summed E-state index contributed by atoms with van der Waals surface area (Å²) in [6.45, 7) is 10.1. The molecule has 0 fully saturated rings. The van der Waals surface area contributed by atoms with Gasteiger partial charge in [-0.25, -0.2) is 9.78 Å². The van der Waals surface area contributed by atoms with E-state index in [0.717, 1.165) is 6.42 Å². The van der Waals surface area contributed by atoms with Crippen LogP contribution in [0, 0.1) is 22.7 Å². The molecule has 0 saturated heterocycles. The quantitative estimate of drug-likeness (QED) is 0.683. The van der Waals surface area contributed by atoms with Gasteiger partial charge in [-0.05, 0) is 11.8 Å². The lowest BCUT2D eigenvalue weighted by Crippen LogP contribution is -2.36. The van der Waals surface area contributed by atoms with Gasteiger partial charge in [0, 0.05) is 17.8 Å². The molecule has 1 heterocycles. The molecule has 0 saturated carbocycles. The van der Waals surface area contributed by atoms with Crippen molar-refractivity contribution in [2.75, 3.05) is 6.61 Å². The minimum absolute atomic E-state index is 0.0571. The second-order valence-corrected chi connectivity index (χ2v) is 7.08. The molecule has 0 aliphatic heterocycles. The highest BCUT2D eigenvalue weighted by Gasteiger charge is 2.35. The van der Waals surface area contributed by atoms with Crippen molar-refractivity contribution in [2.45, 2.75) is 47.1 Å². The Bertz CT molecular complexity index is 551. The van der Waals surface area contributed by atoms with Crippen LogP contribution in [0.25, 0.3) is 0 Å². The number of aliphatic hydroxyl groups excluding tert-OH is 1. The maximum atomic E-state index is 12.2. The first-order valence-corrected chi connectivity index (χ1v) is 7.22. The van der Waals surface area contributed by atoms with Crippen molar-refractivity contribution in [3.05, 3.63) is 24.3 Å². The number of nitrogens with zero attached hydrogens (tertiary/aromatic N) is 2. The summed E-state index contributed by atoms with van der Waals surface area (Å²) >= 11 is 0. The molecule has 1 aromatic heterocycles. The Hall–Kier alpha value is -1.93. The number of hydrogen-bond acceptors (Lipinski definition) is 5. The third kappa shape index (κ3) is 5.82. The van der Waals surface area contributed by atoms with Gasteiger partial charge < -0.3 is 9.84 Å². The molecule has 0 amide bonds. The maximum Gasteiger partial charge on any atom is 0.359 e. The van der Waals surface area contributed by atoms with Gasteiger partial charge in [0.1, 0.15) is 6.61 Å². The number of rotatable bonds is 4. The molecule has 22 heavy (non-hydrogen) atoms. The second-order valence-electron chi connectivity index (χ2n) is 7.08. The van der Waals surface area contributed by atoms with Crippen molar-refractivity contribution in [3.8, 4) is 11.8 Å². The van der Waals surface area contributed by atoms with Crippen LogP contribution in [0.15, 0.2) is 18.6 Å². The van der Waals surface area contributed by atoms with E-state index in [4.69, 9.17) is 9.84 Å². The Morgan fingerprint density at radius 1 is 1.32 bits per heavy atom. The van der Waals surface area contributed by atoms with Gasteiger partial charge >= 0.3 is 5.97 Å². The predicted molar refractivity (Wildman–Crippen MR) is 84.0 cm³/mol. The van der Waals surface area contributed by atoms with Gasteiger partial charge in [-0.15, -0.1) is 0 Å². The van der Waals surface area contributed by atoms with Crippen LogP contribution in [0.3, 0.4) is 0 Å². The number of carbonyl (C=O) groups is 1. The van der Waals surface area contributed by atoms with Crippen molar-refractivity contribution in [1.29, 1.82) is 0 Å². The molecule has 1 rings (SSSR count). The number of aliphatic hydroxyl groups is 1. The van der Waals surface area contributed by atoms with E-state index in [2.05, 4.69) is 42.6 Å². The zero-order valence-corrected chi connectivity index (χ0v) is 13.9. The standard InChI is InChI=1S/C17H24N2O3/c1-16(2,3)12-17(4,5)14(7-6-10-20)22-15(21)13-11-18-8-9-19-13/h8-9,11,14,20H,10,12H2,1-5H3. The molecule has 120 valence electrons. The zero-order chi connectivity index (χ0) is 16.8. The number of carbonyl (C=O) groups excluding carboxylic acids is 1. The van der Waals surface area contributed by atoms with Crippen molar-refractivity contribution < 1.29 is 14.6 Å². The average molecular weight is 304 g/mol. The highest BCUT2D eigenvalue weighted by Crippen LogP contribution is 2.37. The monoisotopic (exact) mass is 304 g/mol. The number of esters is 1. The normalized spacial score (nSPS) is 13.0. The number of ether oxygens (including phenoxy) is 1. The third-order valence-electron chi connectivity index (χ3n) is 3.01. The fraction of sp³-hybridized carbons (Fsp3) is 0.588. The highest BCUT2D eigenvalue weighted by molar-refractivity contribution is 5.87. The summed E-state index contributed by atoms with van der Waals surface area (Å²) < 4.78 is 5.52. The summed E-state index contributed by atoms with van der Waals surface area (Å²) in [6, 6.07) is 0. The molecule has 1 aromatic rings. The third-order valence-corrected chi connectivity index (χ3v) is 3.01. The van der Waals surface area contributed by atoms with E-state index in [1.54, 1.807) is 0 Å². The maximum absolute atomic E-state index is 12.2. The van der Waals surface area contributed by atoms with Crippen LogP contribution in [-0.2, 0) is 4.74 Å². The van der Waals surface area contributed by atoms with Crippen molar-refractivity contribution in [3.63, 3.8) is 0 Å². The van der Waals surface area contributed by atoms with Crippen LogP contribution >= 0.6 is 0 Å². The second kappa shape index (κ2) is 7.37. The lowest BCUT2D eigenvalue weighted by Gasteiger charge is -2.36. The van der Waals surface area contributed by atoms with Crippen molar-refractivity contribution >= 4 is 5.97 Å². The largest absolute Gasteiger partial charge is 0.444 e. The van der Waals surface area contributed by atoms with Gasteiger partial charge in [-0.3, -0.25) is 4.98 Å². The van der Waals surface area contributed by atoms with E-state index < -0.39 is 12.1 Å². The highest BCUT2D eigenvalue weighted by atomic mass is 16.5. The first kappa shape index (κ1) is 18.1. The fourth-order valence-electron chi connectivity index (χ4n) is 2.55. The summed E-state index contributed by atoms with van der Waals surface area (Å²) in [4.78, 5) is 20.0. The lowest BCUT2D eigenvalue weighted by atomic mass is 9.73. The van der Waals surface area contributed by atoms with Gasteiger partial charge in [0.25, 0.3) is 0 Å². The van der Waals surface area contributed by atoms with Gasteiger partial charge in [0.05, 0.1) is 6.20 Å². The van der Waals surface area contributed by atoms with Crippen LogP contribution in [-0.4, -0.2) is 33.8 Å². The van der Waals surface area contributed by atoms with Crippen LogP contribution in [0.2, 0.25) is 0 Å². The molecule has 1 atom stereocenters. The summed E-state index contributed by atoms with van der Waals surface area (Å²) in [6.07, 6.45) is 4.45. The van der Waals surface area contributed by atoms with E-state index in [9.17, 15) is 4.79 Å². The first-order chi connectivity index (χ1) is 10.2. The van der Waals surface area contributed by atoms with Crippen molar-refractivity contribution in [1.82, 2.24) is 9.97 Å². The first-order valence-electron chi connectivity index (χ1n) is 7.22. The van der Waals surface area contributed by atoms with Gasteiger partial charge in [-0.1, -0.05) is 46.5 Å². The Balaban J connectivity index is 2.96. The fourth-order valence-corrected chi connectivity index (χ4v) is 2.55. The van der Waals surface area contributed by atoms with E-state index in [0.29, 0.717) is 0 Å². The van der Waals surface area contributed by atoms with Crippen LogP contribution < -0.4 is 0 Å². The number of hydrogen-bond donors (Lipinski definition) is 1. The van der Waals surface area contributed by atoms with E-state index >= 15 is 0 Å². The minimum Gasteiger partial charge on any atom is -0.444 e. The van der Waals surface area contributed by atoms with Crippen LogP contribution in [0.5, 0.6) is 0 Å². The Morgan fingerprint density at radius 2 is 2.00 bits per heavy atom. The molecule has 0 aliphatic carbocycles. The molecule has 0 spiro atoms. The van der Waals surface area contributed by atoms with E-state index in [1.165, 1.54) is 18.6 Å². The Kier molecular flexibility index (Phi) is 6.07. The summed E-state index contributed by atoms with van der Waals surface area (Å²) in [5.74, 6) is 4.87. The minimum atomic E-state index is -0.631. The summed E-state index contributed by atoms with van der Waals surface area (Å²) in [7, 11) is 0. The topological polar surface area (TPSA) is 72.3 Å². The predicted octanol–water partition coefficient (Wildman–Crippen LogP) is 2.46. The molecule has 1 N–H and O–H groups in total. The summed E-state index contributed by atoms with van der Waals surface area (Å²) in [5.41, 5.74) is -0.162. The molecule has 0 aromatic carbocycles. The SMILES string of the molecule is CC(C)(C)CC(C)(C)C(C#CCO)OC(=O)c1cnccn1. The summed E-state index contributed by atoms with van der Waals surface area (Å²) in [5, 5.41) is 8.93.